The van der Waals surface area contributed by atoms with Gasteiger partial charge in [0.1, 0.15) is 0 Å². The molecular formula is C11H15BrN2. The fourth-order valence-corrected chi connectivity index (χ4v) is 3.27. The van der Waals surface area contributed by atoms with Gasteiger partial charge in [-0.1, -0.05) is 22.9 Å². The highest BCUT2D eigenvalue weighted by Gasteiger charge is 2.36. The summed E-state index contributed by atoms with van der Waals surface area (Å²) in [5, 5.41) is 0. The lowest BCUT2D eigenvalue weighted by Crippen LogP contribution is -2.20. The molecule has 2 N–H and O–H groups in total. The molecule has 0 amide bonds. The van der Waals surface area contributed by atoms with Crippen molar-refractivity contribution in [3.63, 3.8) is 0 Å². The Balaban J connectivity index is 2.35. The number of nitrogens with zero attached hydrogens (tertiary/aromatic N) is 1. The third-order valence-corrected chi connectivity index (χ3v) is 3.97. The maximum atomic E-state index is 5.98. The van der Waals surface area contributed by atoms with Gasteiger partial charge < -0.3 is 5.73 Å². The Labute approximate surface area is 93.0 Å². The summed E-state index contributed by atoms with van der Waals surface area (Å²) < 4.78 is 0. The number of alkyl halides is 1. The van der Waals surface area contributed by atoms with Crippen LogP contribution in [-0.2, 0) is 5.41 Å². The first-order chi connectivity index (χ1) is 6.62. The van der Waals surface area contributed by atoms with Crippen molar-refractivity contribution in [2.75, 3.05) is 5.73 Å². The molecule has 1 saturated carbocycles. The summed E-state index contributed by atoms with van der Waals surface area (Å²) in [6.45, 7) is 2.28. The molecule has 14 heavy (non-hydrogen) atoms. The van der Waals surface area contributed by atoms with Gasteiger partial charge in [0.2, 0.25) is 0 Å². The predicted octanol–water partition coefficient (Wildman–Crippen LogP) is 2.87. The van der Waals surface area contributed by atoms with E-state index in [1.54, 1.807) is 6.20 Å². The highest BCUT2D eigenvalue weighted by atomic mass is 79.9. The van der Waals surface area contributed by atoms with Crippen molar-refractivity contribution in [1.29, 1.82) is 0 Å². The lowest BCUT2D eigenvalue weighted by Gasteiger charge is -2.25. The van der Waals surface area contributed by atoms with E-state index in [0.29, 0.717) is 4.83 Å². The van der Waals surface area contributed by atoms with Gasteiger partial charge in [-0.05, 0) is 36.3 Å². The number of nitrogen functional groups attached to an aromatic ring is 1. The molecule has 2 atom stereocenters. The molecule has 3 heteroatoms. The summed E-state index contributed by atoms with van der Waals surface area (Å²) in [7, 11) is 0. The van der Waals surface area contributed by atoms with Crippen LogP contribution in [0.15, 0.2) is 18.5 Å². The van der Waals surface area contributed by atoms with E-state index in [1.165, 1.54) is 18.4 Å². The number of rotatable bonds is 1. The van der Waals surface area contributed by atoms with Crippen LogP contribution in [0.5, 0.6) is 0 Å². The summed E-state index contributed by atoms with van der Waals surface area (Å²) in [5.41, 5.74) is 8.28. The summed E-state index contributed by atoms with van der Waals surface area (Å²) in [6, 6.07) is 1.89. The molecular weight excluding hydrogens is 240 g/mol. The first kappa shape index (κ1) is 9.97. The summed E-state index contributed by atoms with van der Waals surface area (Å²) in [6.07, 6.45) is 7.25. The predicted molar refractivity (Wildman–Crippen MR) is 62.6 cm³/mol. The largest absolute Gasteiger partial charge is 0.398 e. The second-order valence-corrected chi connectivity index (χ2v) is 5.66. The second kappa shape index (κ2) is 3.54. The highest BCUT2D eigenvalue weighted by Crippen LogP contribution is 2.44. The summed E-state index contributed by atoms with van der Waals surface area (Å²) in [4.78, 5) is 4.80. The molecule has 2 unspecified atom stereocenters. The van der Waals surface area contributed by atoms with Crippen molar-refractivity contribution in [3.05, 3.63) is 24.0 Å². The van der Waals surface area contributed by atoms with E-state index in [-0.39, 0.29) is 5.41 Å². The molecule has 2 rings (SSSR count). The molecule has 1 aliphatic rings. The minimum absolute atomic E-state index is 0.215. The van der Waals surface area contributed by atoms with E-state index in [0.717, 1.165) is 12.1 Å². The van der Waals surface area contributed by atoms with Crippen LogP contribution in [0, 0.1) is 0 Å². The molecule has 0 radical (unpaired) electrons. The Morgan fingerprint density at radius 1 is 1.64 bits per heavy atom. The van der Waals surface area contributed by atoms with Gasteiger partial charge in [-0.15, -0.1) is 0 Å². The Hall–Kier alpha value is -0.570. The van der Waals surface area contributed by atoms with Crippen molar-refractivity contribution >= 4 is 21.6 Å². The van der Waals surface area contributed by atoms with Crippen molar-refractivity contribution in [2.24, 2.45) is 0 Å². The molecule has 0 saturated heterocycles. The summed E-state index contributed by atoms with van der Waals surface area (Å²) >= 11 is 3.67. The molecule has 1 aromatic heterocycles. The van der Waals surface area contributed by atoms with Crippen LogP contribution < -0.4 is 5.73 Å². The third-order valence-electron chi connectivity index (χ3n) is 3.19. The van der Waals surface area contributed by atoms with Gasteiger partial charge in [-0.25, -0.2) is 0 Å². The first-order valence-corrected chi connectivity index (χ1v) is 5.87. The molecule has 1 aliphatic carbocycles. The van der Waals surface area contributed by atoms with E-state index >= 15 is 0 Å². The van der Waals surface area contributed by atoms with Crippen LogP contribution in [0.2, 0.25) is 0 Å². The minimum atomic E-state index is 0.215. The lowest BCUT2D eigenvalue weighted by molar-refractivity contribution is 0.493. The zero-order valence-electron chi connectivity index (χ0n) is 8.33. The van der Waals surface area contributed by atoms with Crippen molar-refractivity contribution in [3.8, 4) is 0 Å². The van der Waals surface area contributed by atoms with Gasteiger partial charge in [0, 0.05) is 22.9 Å². The smallest absolute Gasteiger partial charge is 0.0383 e. The van der Waals surface area contributed by atoms with Gasteiger partial charge in [-0.3, -0.25) is 4.98 Å². The van der Waals surface area contributed by atoms with Crippen molar-refractivity contribution in [2.45, 2.75) is 36.4 Å². The standard InChI is InChI=1S/C11H15BrN2/c1-11(4-2-8(12)6-11)9-7-14-5-3-10(9)13/h3,5,7-8H,2,4,6H2,1H3,(H2,13,14). The molecule has 1 heterocycles. The average Bonchev–Trinajstić information content (AvgIpc) is 2.48. The monoisotopic (exact) mass is 254 g/mol. The quantitative estimate of drug-likeness (QED) is 0.783. The number of halogens is 1. The Morgan fingerprint density at radius 3 is 3.00 bits per heavy atom. The van der Waals surface area contributed by atoms with Crippen LogP contribution in [0.25, 0.3) is 0 Å². The van der Waals surface area contributed by atoms with E-state index in [2.05, 4.69) is 27.8 Å². The number of anilines is 1. The van der Waals surface area contributed by atoms with Crippen molar-refractivity contribution in [1.82, 2.24) is 4.98 Å². The Bertz CT molecular complexity index is 340. The Kier molecular flexibility index (Phi) is 2.52. The number of hydrogen-bond donors (Lipinski definition) is 1. The molecule has 0 spiro atoms. The molecule has 2 nitrogen and oxygen atoms in total. The maximum Gasteiger partial charge on any atom is 0.0383 e. The van der Waals surface area contributed by atoms with Gasteiger partial charge in [-0.2, -0.15) is 0 Å². The molecule has 1 fully saturated rings. The number of hydrogen-bond acceptors (Lipinski definition) is 2. The first-order valence-electron chi connectivity index (χ1n) is 4.96. The topological polar surface area (TPSA) is 38.9 Å². The molecule has 0 bridgehead atoms. The van der Waals surface area contributed by atoms with Crippen LogP contribution in [0.1, 0.15) is 31.7 Å². The normalized spacial score (nSPS) is 32.0. The molecule has 0 aromatic carbocycles. The van der Waals surface area contributed by atoms with E-state index in [9.17, 15) is 0 Å². The summed E-state index contributed by atoms with van der Waals surface area (Å²) in [5.74, 6) is 0. The van der Waals surface area contributed by atoms with Crippen LogP contribution in [0.3, 0.4) is 0 Å². The minimum Gasteiger partial charge on any atom is -0.398 e. The second-order valence-electron chi connectivity index (χ2n) is 4.36. The molecule has 1 aromatic rings. The van der Waals surface area contributed by atoms with Crippen molar-refractivity contribution < 1.29 is 0 Å². The lowest BCUT2D eigenvalue weighted by atomic mass is 9.81. The van der Waals surface area contributed by atoms with Gasteiger partial charge in [0.25, 0.3) is 0 Å². The Morgan fingerprint density at radius 2 is 2.43 bits per heavy atom. The number of nitrogens with two attached hydrogens (primary N) is 1. The molecule has 76 valence electrons. The maximum absolute atomic E-state index is 5.98. The fraction of sp³-hybridized carbons (Fsp3) is 0.545. The number of aromatic nitrogens is 1. The van der Waals surface area contributed by atoms with E-state index in [1.807, 2.05) is 12.3 Å². The SMILES string of the molecule is CC1(c2cnccc2N)CCC(Br)C1. The van der Waals surface area contributed by atoms with Crippen LogP contribution in [-0.4, -0.2) is 9.81 Å². The van der Waals surface area contributed by atoms with E-state index in [4.69, 9.17) is 5.73 Å². The molecule has 0 aliphatic heterocycles. The zero-order chi connectivity index (χ0) is 10.2. The third kappa shape index (κ3) is 1.65. The van der Waals surface area contributed by atoms with Gasteiger partial charge in [0.05, 0.1) is 0 Å². The van der Waals surface area contributed by atoms with Crippen LogP contribution >= 0.6 is 15.9 Å². The van der Waals surface area contributed by atoms with Gasteiger partial charge >= 0.3 is 0 Å². The zero-order valence-corrected chi connectivity index (χ0v) is 9.92. The average molecular weight is 255 g/mol. The number of pyridine rings is 1. The van der Waals surface area contributed by atoms with Gasteiger partial charge in [0.15, 0.2) is 0 Å². The highest BCUT2D eigenvalue weighted by molar-refractivity contribution is 9.09. The van der Waals surface area contributed by atoms with Crippen LogP contribution in [0.4, 0.5) is 5.69 Å². The fourth-order valence-electron chi connectivity index (χ4n) is 2.32. The van der Waals surface area contributed by atoms with E-state index < -0.39 is 0 Å².